The van der Waals surface area contributed by atoms with E-state index in [-0.39, 0.29) is 11.7 Å². The van der Waals surface area contributed by atoms with E-state index in [1.165, 1.54) is 11.1 Å². The van der Waals surface area contributed by atoms with Crippen molar-refractivity contribution in [3.8, 4) is 5.75 Å². The summed E-state index contributed by atoms with van der Waals surface area (Å²) in [5.41, 5.74) is 4.66. The van der Waals surface area contributed by atoms with Gasteiger partial charge in [-0.05, 0) is 40.8 Å². The number of aromatic hydroxyl groups is 1. The van der Waals surface area contributed by atoms with E-state index in [1.54, 1.807) is 17.0 Å². The summed E-state index contributed by atoms with van der Waals surface area (Å²) in [6.07, 6.45) is 11.1. The Hall–Kier alpha value is -3.07. The van der Waals surface area contributed by atoms with Gasteiger partial charge in [0.2, 0.25) is 0 Å². The highest BCUT2D eigenvalue weighted by Crippen LogP contribution is 2.29. The van der Waals surface area contributed by atoms with Crippen LogP contribution in [0.15, 0.2) is 72.8 Å². The Morgan fingerprint density at radius 2 is 1.76 bits per heavy atom. The van der Waals surface area contributed by atoms with Crippen LogP contribution in [-0.2, 0) is 13.1 Å². The van der Waals surface area contributed by atoms with Gasteiger partial charge in [-0.2, -0.15) is 0 Å². The molecule has 3 heteroatoms. The summed E-state index contributed by atoms with van der Waals surface area (Å²) in [6, 6.07) is 13.3. The predicted octanol–water partition coefficient (Wildman–Crippen LogP) is 4.45. The molecule has 0 fully saturated rings. The van der Waals surface area contributed by atoms with E-state index in [4.69, 9.17) is 0 Å². The average Bonchev–Trinajstić information content (AvgIpc) is 2.88. The third kappa shape index (κ3) is 3.01. The van der Waals surface area contributed by atoms with Crippen molar-refractivity contribution in [3.63, 3.8) is 0 Å². The molecule has 1 heterocycles. The van der Waals surface area contributed by atoms with Crippen LogP contribution in [-0.4, -0.2) is 15.9 Å². The van der Waals surface area contributed by atoms with Gasteiger partial charge in [-0.3, -0.25) is 4.79 Å². The molecule has 0 bridgehead atoms. The van der Waals surface area contributed by atoms with Gasteiger partial charge in [0, 0.05) is 13.1 Å². The Morgan fingerprint density at radius 1 is 1.00 bits per heavy atom. The SMILES string of the molecule is O=C(c1cc(C2=CC=CCC=C2)ccc1O)N1Cc2ccccc2C1. The number of nitrogens with zero attached hydrogens (tertiary/aromatic N) is 1. The molecule has 4 rings (SSSR count). The summed E-state index contributed by atoms with van der Waals surface area (Å²) < 4.78 is 0. The number of amides is 1. The molecular weight excluding hydrogens is 310 g/mol. The van der Waals surface area contributed by atoms with E-state index in [0.29, 0.717) is 18.7 Å². The molecule has 2 aromatic carbocycles. The molecule has 1 aliphatic heterocycles. The number of phenolic OH excluding ortho intramolecular Hbond substituents is 1. The number of hydrogen-bond donors (Lipinski definition) is 1. The highest BCUT2D eigenvalue weighted by molar-refractivity contribution is 5.98. The first kappa shape index (κ1) is 15.5. The van der Waals surface area contributed by atoms with Crippen LogP contribution in [0.3, 0.4) is 0 Å². The third-order valence-corrected chi connectivity index (χ3v) is 4.67. The largest absolute Gasteiger partial charge is 0.507 e. The van der Waals surface area contributed by atoms with Crippen LogP contribution in [0.4, 0.5) is 0 Å². The van der Waals surface area contributed by atoms with Crippen LogP contribution in [0.1, 0.15) is 33.5 Å². The fourth-order valence-electron chi connectivity index (χ4n) is 3.31. The maximum atomic E-state index is 13.0. The zero-order valence-electron chi connectivity index (χ0n) is 13.9. The zero-order chi connectivity index (χ0) is 17.2. The summed E-state index contributed by atoms with van der Waals surface area (Å²) in [6.45, 7) is 1.17. The van der Waals surface area contributed by atoms with Gasteiger partial charge in [0.25, 0.3) is 5.91 Å². The molecule has 0 unspecified atom stereocenters. The summed E-state index contributed by atoms with van der Waals surface area (Å²) >= 11 is 0. The number of phenols is 1. The van der Waals surface area contributed by atoms with Crippen LogP contribution in [0.25, 0.3) is 5.57 Å². The average molecular weight is 329 g/mol. The molecule has 0 radical (unpaired) electrons. The first-order valence-corrected chi connectivity index (χ1v) is 8.45. The quantitative estimate of drug-likeness (QED) is 0.884. The fourth-order valence-corrected chi connectivity index (χ4v) is 3.31. The third-order valence-electron chi connectivity index (χ3n) is 4.67. The van der Waals surface area contributed by atoms with Gasteiger partial charge in [0.05, 0.1) is 5.56 Å². The Balaban J connectivity index is 1.64. The number of carbonyl (C=O) groups excluding carboxylic acids is 1. The topological polar surface area (TPSA) is 40.5 Å². The van der Waals surface area contributed by atoms with Crippen LogP contribution in [0, 0.1) is 0 Å². The highest BCUT2D eigenvalue weighted by Gasteiger charge is 2.25. The van der Waals surface area contributed by atoms with Crippen molar-refractivity contribution in [3.05, 3.63) is 95.1 Å². The lowest BCUT2D eigenvalue weighted by Gasteiger charge is -2.17. The minimum atomic E-state index is -0.135. The van der Waals surface area contributed by atoms with Gasteiger partial charge in [0.15, 0.2) is 0 Å². The molecule has 0 atom stereocenters. The Bertz CT molecular complexity index is 896. The highest BCUT2D eigenvalue weighted by atomic mass is 16.3. The maximum absolute atomic E-state index is 13.0. The van der Waals surface area contributed by atoms with Crippen molar-refractivity contribution in [1.82, 2.24) is 4.90 Å². The number of carbonyl (C=O) groups is 1. The fraction of sp³-hybridized carbons (Fsp3) is 0.136. The van der Waals surface area contributed by atoms with E-state index in [9.17, 15) is 9.90 Å². The lowest BCUT2D eigenvalue weighted by molar-refractivity contribution is 0.0748. The molecule has 0 saturated heterocycles. The normalized spacial score (nSPS) is 15.7. The minimum Gasteiger partial charge on any atom is -0.507 e. The molecule has 2 aromatic rings. The molecule has 124 valence electrons. The van der Waals surface area contributed by atoms with Gasteiger partial charge in [-0.1, -0.05) is 60.7 Å². The van der Waals surface area contributed by atoms with Crippen LogP contribution < -0.4 is 0 Å². The zero-order valence-corrected chi connectivity index (χ0v) is 13.9. The molecule has 1 N–H and O–H groups in total. The second kappa shape index (κ2) is 6.44. The molecule has 1 aliphatic carbocycles. The van der Waals surface area contributed by atoms with Crippen molar-refractivity contribution in [2.45, 2.75) is 19.5 Å². The van der Waals surface area contributed by atoms with E-state index in [2.05, 4.69) is 12.2 Å². The maximum Gasteiger partial charge on any atom is 0.258 e. The van der Waals surface area contributed by atoms with Crippen molar-refractivity contribution in [2.75, 3.05) is 0 Å². The van der Waals surface area contributed by atoms with Crippen molar-refractivity contribution >= 4 is 11.5 Å². The smallest absolute Gasteiger partial charge is 0.258 e. The molecule has 2 aliphatic rings. The van der Waals surface area contributed by atoms with E-state index >= 15 is 0 Å². The second-order valence-electron chi connectivity index (χ2n) is 6.35. The van der Waals surface area contributed by atoms with Gasteiger partial charge in [-0.15, -0.1) is 0 Å². The van der Waals surface area contributed by atoms with E-state index in [1.807, 2.05) is 48.6 Å². The number of allylic oxidation sites excluding steroid dienone is 6. The van der Waals surface area contributed by atoms with Crippen molar-refractivity contribution in [2.24, 2.45) is 0 Å². The summed E-state index contributed by atoms with van der Waals surface area (Å²) in [5, 5.41) is 10.2. The van der Waals surface area contributed by atoms with Crippen LogP contribution in [0.2, 0.25) is 0 Å². The Kier molecular flexibility index (Phi) is 3.98. The predicted molar refractivity (Wildman–Crippen MR) is 99.0 cm³/mol. The molecule has 0 spiro atoms. The van der Waals surface area contributed by atoms with Gasteiger partial charge in [0.1, 0.15) is 5.75 Å². The number of fused-ring (bicyclic) bond motifs is 1. The lowest BCUT2D eigenvalue weighted by Crippen LogP contribution is -2.25. The Labute approximate surface area is 147 Å². The molecule has 3 nitrogen and oxygen atoms in total. The molecule has 1 amide bonds. The van der Waals surface area contributed by atoms with Crippen molar-refractivity contribution in [1.29, 1.82) is 0 Å². The number of hydrogen-bond acceptors (Lipinski definition) is 2. The summed E-state index contributed by atoms with van der Waals surface area (Å²) in [7, 11) is 0. The molecular formula is C22H19NO2. The number of rotatable bonds is 2. The first-order valence-electron chi connectivity index (χ1n) is 8.45. The Morgan fingerprint density at radius 3 is 2.52 bits per heavy atom. The van der Waals surface area contributed by atoms with Gasteiger partial charge >= 0.3 is 0 Å². The molecule has 25 heavy (non-hydrogen) atoms. The lowest BCUT2D eigenvalue weighted by atomic mass is 10.0. The van der Waals surface area contributed by atoms with E-state index < -0.39 is 0 Å². The van der Waals surface area contributed by atoms with Crippen molar-refractivity contribution < 1.29 is 9.90 Å². The second-order valence-corrected chi connectivity index (χ2v) is 6.35. The number of benzene rings is 2. The first-order chi connectivity index (χ1) is 12.2. The minimum absolute atomic E-state index is 0.0263. The van der Waals surface area contributed by atoms with Gasteiger partial charge < -0.3 is 10.0 Å². The van der Waals surface area contributed by atoms with Gasteiger partial charge in [-0.25, -0.2) is 0 Å². The standard InChI is InChI=1S/C22H19NO2/c24-21-12-11-17(16-7-3-1-2-4-8-16)13-20(21)22(25)23-14-18-9-5-6-10-19(18)15-23/h1,3-13,24H,2,14-15H2. The van der Waals surface area contributed by atoms with Crippen LogP contribution >= 0.6 is 0 Å². The van der Waals surface area contributed by atoms with E-state index in [0.717, 1.165) is 17.6 Å². The molecule has 0 saturated carbocycles. The molecule has 0 aromatic heterocycles. The summed E-state index contributed by atoms with van der Waals surface area (Å²) in [5.74, 6) is -0.109. The monoisotopic (exact) mass is 329 g/mol. The summed E-state index contributed by atoms with van der Waals surface area (Å²) in [4.78, 5) is 14.7. The van der Waals surface area contributed by atoms with Crippen LogP contribution in [0.5, 0.6) is 5.75 Å².